The number of amides is 1. The molecule has 184 valence electrons. The Morgan fingerprint density at radius 1 is 1.21 bits per heavy atom. The van der Waals surface area contributed by atoms with Crippen LogP contribution in [0, 0.1) is 29.1 Å². The van der Waals surface area contributed by atoms with E-state index in [1.54, 1.807) is 0 Å². The summed E-state index contributed by atoms with van der Waals surface area (Å²) in [6, 6.07) is 8.15. The number of imidazole rings is 1. The molecule has 1 heterocycles. The maximum atomic E-state index is 12.8. The molecule has 6 heteroatoms. The van der Waals surface area contributed by atoms with E-state index in [0.29, 0.717) is 36.6 Å². The van der Waals surface area contributed by atoms with Gasteiger partial charge in [-0.05, 0) is 67.4 Å². The first-order valence-corrected chi connectivity index (χ1v) is 12.8. The van der Waals surface area contributed by atoms with Crippen molar-refractivity contribution in [2.24, 2.45) is 29.1 Å². The molecule has 2 aliphatic rings. The molecule has 1 amide bonds. The lowest BCUT2D eigenvalue weighted by atomic mass is 9.69. The van der Waals surface area contributed by atoms with E-state index in [0.717, 1.165) is 55.4 Å². The third-order valence-corrected chi connectivity index (χ3v) is 8.22. The van der Waals surface area contributed by atoms with E-state index in [1.807, 2.05) is 18.2 Å². The summed E-state index contributed by atoms with van der Waals surface area (Å²) in [6.07, 6.45) is 8.50. The molecule has 3 N–H and O–H groups in total. The Hall–Kier alpha value is -2.63. The van der Waals surface area contributed by atoms with E-state index in [-0.39, 0.29) is 17.7 Å². The summed E-state index contributed by atoms with van der Waals surface area (Å²) in [5, 5.41) is 12.5. The van der Waals surface area contributed by atoms with Crippen molar-refractivity contribution in [2.45, 2.75) is 72.1 Å². The third kappa shape index (κ3) is 5.70. The Morgan fingerprint density at radius 3 is 2.62 bits per heavy atom. The van der Waals surface area contributed by atoms with Crippen LogP contribution in [0.25, 0.3) is 11.0 Å². The van der Waals surface area contributed by atoms with Crippen LogP contribution in [0.15, 0.2) is 35.9 Å². The van der Waals surface area contributed by atoms with Crippen molar-refractivity contribution in [2.75, 3.05) is 6.54 Å². The minimum absolute atomic E-state index is 0.00103. The standard InChI is InChI=1S/C28H39N3O3/c1-18(2)22-13-20(14-25-30-23-8-4-5-9-24(23)31-25)19(3)12-21(22)17-29-26(32)15-28(16-27(33)34)10-6-7-11-28/h4-5,8-9,12,18,20-22H,6-7,10-11,13-17H2,1-3H3,(H,29,32)(H,30,31)(H,33,34). The highest BCUT2D eigenvalue weighted by Gasteiger charge is 2.38. The topological polar surface area (TPSA) is 95.1 Å². The lowest BCUT2D eigenvalue weighted by Crippen LogP contribution is -2.39. The molecule has 0 saturated heterocycles. The van der Waals surface area contributed by atoms with Crippen LogP contribution in [0.3, 0.4) is 0 Å². The Morgan fingerprint density at radius 2 is 1.94 bits per heavy atom. The number of carbonyl (C=O) groups is 2. The van der Waals surface area contributed by atoms with Gasteiger partial charge in [-0.3, -0.25) is 9.59 Å². The number of aromatic amines is 1. The molecule has 6 nitrogen and oxygen atoms in total. The van der Waals surface area contributed by atoms with Crippen LogP contribution in [0.1, 0.15) is 71.5 Å². The summed E-state index contributed by atoms with van der Waals surface area (Å²) in [7, 11) is 0. The number of carboxylic acids is 1. The van der Waals surface area contributed by atoms with E-state index in [9.17, 15) is 14.7 Å². The SMILES string of the molecule is CC1=CC(CNC(=O)CC2(CC(=O)O)CCCC2)C(C(C)C)CC1Cc1nc2ccccc2[nH]1. The van der Waals surface area contributed by atoms with Gasteiger partial charge in [-0.15, -0.1) is 0 Å². The van der Waals surface area contributed by atoms with Gasteiger partial charge in [0.2, 0.25) is 5.91 Å². The molecular weight excluding hydrogens is 426 g/mol. The number of nitrogens with one attached hydrogen (secondary N) is 2. The molecule has 0 spiro atoms. The number of benzene rings is 1. The highest BCUT2D eigenvalue weighted by Crippen LogP contribution is 2.44. The molecule has 2 aromatic rings. The third-order valence-electron chi connectivity index (χ3n) is 8.22. The molecule has 2 aliphatic carbocycles. The maximum Gasteiger partial charge on any atom is 0.303 e. The van der Waals surface area contributed by atoms with Crippen molar-refractivity contribution in [1.29, 1.82) is 0 Å². The molecule has 3 atom stereocenters. The van der Waals surface area contributed by atoms with Gasteiger partial charge in [0.15, 0.2) is 0 Å². The number of carboxylic acid groups (broad SMARTS) is 1. The summed E-state index contributed by atoms with van der Waals surface area (Å²) >= 11 is 0. The molecule has 4 rings (SSSR count). The first-order valence-electron chi connectivity index (χ1n) is 12.8. The molecule has 1 aromatic carbocycles. The van der Waals surface area contributed by atoms with Crippen LogP contribution in [0.5, 0.6) is 0 Å². The van der Waals surface area contributed by atoms with Gasteiger partial charge in [0.25, 0.3) is 0 Å². The zero-order valence-electron chi connectivity index (χ0n) is 20.8. The molecule has 34 heavy (non-hydrogen) atoms. The fourth-order valence-corrected chi connectivity index (χ4v) is 6.34. The number of fused-ring (bicyclic) bond motifs is 1. The summed E-state index contributed by atoms with van der Waals surface area (Å²) in [5.41, 5.74) is 3.11. The van der Waals surface area contributed by atoms with Crippen molar-refractivity contribution < 1.29 is 14.7 Å². The van der Waals surface area contributed by atoms with Crippen LogP contribution in [0.2, 0.25) is 0 Å². The number of H-pyrrole nitrogens is 1. The number of rotatable bonds is 9. The van der Waals surface area contributed by atoms with Crippen molar-refractivity contribution in [3.8, 4) is 0 Å². The lowest BCUT2D eigenvalue weighted by Gasteiger charge is -2.37. The van der Waals surface area contributed by atoms with Crippen molar-refractivity contribution in [3.05, 3.63) is 41.7 Å². The summed E-state index contributed by atoms with van der Waals surface area (Å²) in [4.78, 5) is 32.5. The van der Waals surface area contributed by atoms with E-state index < -0.39 is 5.97 Å². The number of carbonyl (C=O) groups excluding carboxylic acids is 1. The van der Waals surface area contributed by atoms with Gasteiger partial charge in [-0.1, -0.05) is 50.5 Å². The first kappa shape index (κ1) is 24.5. The molecular formula is C28H39N3O3. The van der Waals surface area contributed by atoms with Crippen LogP contribution in [0.4, 0.5) is 0 Å². The van der Waals surface area contributed by atoms with E-state index in [2.05, 4.69) is 43.2 Å². The summed E-state index contributed by atoms with van der Waals surface area (Å²) in [6.45, 7) is 7.37. The maximum absolute atomic E-state index is 12.8. The first-order chi connectivity index (χ1) is 16.2. The Balaban J connectivity index is 1.39. The van der Waals surface area contributed by atoms with Crippen LogP contribution >= 0.6 is 0 Å². The number of para-hydroxylation sites is 2. The quantitative estimate of drug-likeness (QED) is 0.426. The number of allylic oxidation sites excluding steroid dienone is 1. The van der Waals surface area contributed by atoms with Gasteiger partial charge in [-0.25, -0.2) is 4.98 Å². The van der Waals surface area contributed by atoms with Crippen LogP contribution in [-0.2, 0) is 16.0 Å². The Labute approximate surface area is 202 Å². The predicted octanol–water partition coefficient (Wildman–Crippen LogP) is 5.50. The van der Waals surface area contributed by atoms with Gasteiger partial charge in [0.1, 0.15) is 5.82 Å². The van der Waals surface area contributed by atoms with Gasteiger partial charge in [-0.2, -0.15) is 0 Å². The highest BCUT2D eigenvalue weighted by atomic mass is 16.4. The predicted molar refractivity (Wildman–Crippen MR) is 134 cm³/mol. The second-order valence-corrected chi connectivity index (χ2v) is 11.1. The fourth-order valence-electron chi connectivity index (χ4n) is 6.34. The number of aromatic nitrogens is 2. The molecule has 0 aliphatic heterocycles. The Bertz CT molecular complexity index is 1020. The summed E-state index contributed by atoms with van der Waals surface area (Å²) < 4.78 is 0. The summed E-state index contributed by atoms with van der Waals surface area (Å²) in [5.74, 6) is 1.98. The van der Waals surface area contributed by atoms with Crippen molar-refractivity contribution in [1.82, 2.24) is 15.3 Å². The monoisotopic (exact) mass is 465 g/mol. The average Bonchev–Trinajstić information content (AvgIpc) is 3.39. The minimum atomic E-state index is -0.795. The molecule has 0 radical (unpaired) electrons. The molecule has 1 fully saturated rings. The number of nitrogens with zero attached hydrogens (tertiary/aromatic N) is 1. The van der Waals surface area contributed by atoms with E-state index in [1.165, 1.54) is 5.57 Å². The molecule has 3 unspecified atom stereocenters. The zero-order valence-corrected chi connectivity index (χ0v) is 20.8. The number of hydrogen-bond donors (Lipinski definition) is 3. The average molecular weight is 466 g/mol. The Kier molecular flexibility index (Phi) is 7.44. The smallest absolute Gasteiger partial charge is 0.303 e. The second-order valence-electron chi connectivity index (χ2n) is 11.1. The highest BCUT2D eigenvalue weighted by molar-refractivity contribution is 5.78. The zero-order chi connectivity index (χ0) is 24.3. The lowest BCUT2D eigenvalue weighted by molar-refractivity contribution is -0.140. The minimum Gasteiger partial charge on any atom is -0.481 e. The second kappa shape index (κ2) is 10.3. The van der Waals surface area contributed by atoms with E-state index in [4.69, 9.17) is 4.98 Å². The van der Waals surface area contributed by atoms with Crippen LogP contribution in [-0.4, -0.2) is 33.5 Å². The van der Waals surface area contributed by atoms with Gasteiger partial charge < -0.3 is 15.4 Å². The van der Waals surface area contributed by atoms with Gasteiger partial charge >= 0.3 is 5.97 Å². The normalized spacial score (nSPS) is 24.4. The fraction of sp³-hybridized carbons (Fsp3) is 0.607. The number of aliphatic carboxylic acids is 1. The molecule has 0 bridgehead atoms. The number of hydrogen-bond acceptors (Lipinski definition) is 3. The van der Waals surface area contributed by atoms with Crippen molar-refractivity contribution >= 4 is 22.9 Å². The molecule has 1 saturated carbocycles. The van der Waals surface area contributed by atoms with Gasteiger partial charge in [0.05, 0.1) is 17.5 Å². The molecule has 1 aromatic heterocycles. The van der Waals surface area contributed by atoms with Gasteiger partial charge in [0, 0.05) is 19.4 Å². The van der Waals surface area contributed by atoms with Crippen LogP contribution < -0.4 is 5.32 Å². The van der Waals surface area contributed by atoms with Crippen molar-refractivity contribution in [3.63, 3.8) is 0 Å². The largest absolute Gasteiger partial charge is 0.481 e. The van der Waals surface area contributed by atoms with E-state index >= 15 is 0 Å².